The smallest absolute Gasteiger partial charge is 0.164 e. The van der Waals surface area contributed by atoms with Gasteiger partial charge < -0.3 is 9.64 Å². The van der Waals surface area contributed by atoms with Gasteiger partial charge in [-0.1, -0.05) is 0 Å². The van der Waals surface area contributed by atoms with Crippen molar-refractivity contribution in [1.29, 1.82) is 0 Å². The van der Waals surface area contributed by atoms with Gasteiger partial charge in [-0.2, -0.15) is 0 Å². The molecule has 0 amide bonds. The highest BCUT2D eigenvalue weighted by Gasteiger charge is 2.13. The molecule has 1 aliphatic heterocycles. The molecule has 92 valence electrons. The zero-order valence-electron chi connectivity index (χ0n) is 9.86. The summed E-state index contributed by atoms with van der Waals surface area (Å²) in [6, 6.07) is 1.92. The Kier molecular flexibility index (Phi) is 3.10. The maximum atomic E-state index is 5.33. The van der Waals surface area contributed by atoms with Gasteiger partial charge in [0, 0.05) is 31.7 Å². The second-order valence-electron chi connectivity index (χ2n) is 3.97. The summed E-state index contributed by atoms with van der Waals surface area (Å²) in [4.78, 5) is 19.0. The minimum atomic E-state index is 0.652. The Bertz CT molecular complexity index is 513. The number of hydrogen-bond acceptors (Lipinski definition) is 6. The lowest BCUT2D eigenvalue weighted by Crippen LogP contribution is -2.36. The van der Waals surface area contributed by atoms with Crippen molar-refractivity contribution >= 4 is 5.82 Å². The molecular weight excluding hydrogens is 230 g/mol. The Balaban J connectivity index is 1.89. The van der Waals surface area contributed by atoms with E-state index < -0.39 is 0 Å². The molecule has 0 unspecified atom stereocenters. The average Bonchev–Trinajstić information content (AvgIpc) is 2.49. The Labute approximate surface area is 105 Å². The largest absolute Gasteiger partial charge is 0.378 e. The first-order valence-corrected chi connectivity index (χ1v) is 5.84. The summed E-state index contributed by atoms with van der Waals surface area (Å²) in [5, 5.41) is 0. The van der Waals surface area contributed by atoms with Crippen molar-refractivity contribution in [1.82, 2.24) is 19.9 Å². The number of ether oxygens (including phenoxy) is 1. The topological polar surface area (TPSA) is 64.0 Å². The minimum absolute atomic E-state index is 0.652. The molecule has 0 atom stereocenters. The molecule has 0 saturated carbocycles. The lowest BCUT2D eigenvalue weighted by Gasteiger charge is -2.27. The van der Waals surface area contributed by atoms with E-state index in [1.807, 2.05) is 6.07 Å². The molecule has 2 aromatic rings. The zero-order chi connectivity index (χ0) is 12.2. The number of aromatic nitrogens is 4. The van der Waals surface area contributed by atoms with Crippen LogP contribution in [0.5, 0.6) is 0 Å². The van der Waals surface area contributed by atoms with Gasteiger partial charge in [-0.25, -0.2) is 19.9 Å². The van der Waals surface area contributed by atoms with E-state index in [9.17, 15) is 0 Å². The van der Waals surface area contributed by atoms with E-state index in [1.54, 1.807) is 18.6 Å². The summed E-state index contributed by atoms with van der Waals surface area (Å²) < 4.78 is 5.33. The summed E-state index contributed by atoms with van der Waals surface area (Å²) in [6.07, 6.45) is 6.69. The summed E-state index contributed by atoms with van der Waals surface area (Å²) in [5.74, 6) is 1.58. The number of nitrogens with zero attached hydrogens (tertiary/aromatic N) is 5. The normalized spacial score (nSPS) is 15.7. The van der Waals surface area contributed by atoms with Crippen LogP contribution < -0.4 is 4.90 Å². The molecule has 18 heavy (non-hydrogen) atoms. The van der Waals surface area contributed by atoms with Crippen LogP contribution in [0.15, 0.2) is 31.0 Å². The third kappa shape index (κ3) is 2.28. The molecule has 0 aromatic carbocycles. The van der Waals surface area contributed by atoms with Crippen LogP contribution in [0, 0.1) is 0 Å². The van der Waals surface area contributed by atoms with Gasteiger partial charge in [-0.05, 0) is 6.07 Å². The van der Waals surface area contributed by atoms with Gasteiger partial charge in [-0.15, -0.1) is 0 Å². The van der Waals surface area contributed by atoms with E-state index in [0.717, 1.165) is 37.7 Å². The summed E-state index contributed by atoms with van der Waals surface area (Å²) in [5.41, 5.74) is 0.826. The van der Waals surface area contributed by atoms with Crippen molar-refractivity contribution in [2.24, 2.45) is 0 Å². The quantitative estimate of drug-likeness (QED) is 0.776. The maximum Gasteiger partial charge on any atom is 0.164 e. The highest BCUT2D eigenvalue weighted by atomic mass is 16.5. The maximum absolute atomic E-state index is 5.33. The monoisotopic (exact) mass is 243 g/mol. The van der Waals surface area contributed by atoms with Crippen LogP contribution in [0.25, 0.3) is 11.4 Å². The third-order valence-electron chi connectivity index (χ3n) is 2.79. The van der Waals surface area contributed by atoms with Gasteiger partial charge in [0.25, 0.3) is 0 Å². The SMILES string of the molecule is c1ncc(-c2nccc(N3CCOCC3)n2)cn1. The molecule has 3 rings (SSSR count). The second kappa shape index (κ2) is 5.05. The molecular formula is C12H13N5O. The zero-order valence-corrected chi connectivity index (χ0v) is 9.86. The molecule has 0 aliphatic carbocycles. The number of morpholine rings is 1. The first kappa shape index (κ1) is 11.0. The molecule has 1 saturated heterocycles. The highest BCUT2D eigenvalue weighted by Crippen LogP contribution is 2.17. The molecule has 3 heterocycles. The fourth-order valence-corrected chi connectivity index (χ4v) is 1.87. The fraction of sp³-hybridized carbons (Fsp3) is 0.333. The first-order valence-electron chi connectivity index (χ1n) is 5.84. The van der Waals surface area contributed by atoms with E-state index >= 15 is 0 Å². The second-order valence-corrected chi connectivity index (χ2v) is 3.97. The van der Waals surface area contributed by atoms with Crippen LogP contribution in [0.2, 0.25) is 0 Å². The van der Waals surface area contributed by atoms with Crippen molar-refractivity contribution in [2.45, 2.75) is 0 Å². The summed E-state index contributed by atoms with van der Waals surface area (Å²) in [7, 11) is 0. The van der Waals surface area contributed by atoms with Crippen LogP contribution >= 0.6 is 0 Å². The Hall–Kier alpha value is -2.08. The molecule has 6 nitrogen and oxygen atoms in total. The lowest BCUT2D eigenvalue weighted by atomic mass is 10.3. The molecule has 1 fully saturated rings. The molecule has 0 bridgehead atoms. The molecule has 0 radical (unpaired) electrons. The van der Waals surface area contributed by atoms with E-state index in [2.05, 4.69) is 24.8 Å². The van der Waals surface area contributed by atoms with E-state index in [-0.39, 0.29) is 0 Å². The number of anilines is 1. The van der Waals surface area contributed by atoms with E-state index in [0.29, 0.717) is 5.82 Å². The Morgan fingerprint density at radius 1 is 1.11 bits per heavy atom. The van der Waals surface area contributed by atoms with E-state index in [4.69, 9.17) is 4.74 Å². The summed E-state index contributed by atoms with van der Waals surface area (Å²) in [6.45, 7) is 3.21. The number of rotatable bonds is 2. The Morgan fingerprint density at radius 2 is 1.89 bits per heavy atom. The van der Waals surface area contributed by atoms with Crippen molar-refractivity contribution in [2.75, 3.05) is 31.2 Å². The molecule has 0 N–H and O–H groups in total. The molecule has 0 spiro atoms. The van der Waals surface area contributed by atoms with Gasteiger partial charge in [0.15, 0.2) is 5.82 Å². The molecule has 2 aromatic heterocycles. The lowest BCUT2D eigenvalue weighted by molar-refractivity contribution is 0.122. The predicted molar refractivity (Wildman–Crippen MR) is 66.1 cm³/mol. The fourth-order valence-electron chi connectivity index (χ4n) is 1.87. The van der Waals surface area contributed by atoms with Crippen LogP contribution in [0.1, 0.15) is 0 Å². The van der Waals surface area contributed by atoms with Crippen LogP contribution in [-0.2, 0) is 4.74 Å². The Morgan fingerprint density at radius 3 is 2.67 bits per heavy atom. The molecule has 6 heteroatoms. The standard InChI is InChI=1S/C12H13N5O/c1-2-15-12(10-7-13-9-14-8-10)16-11(1)17-3-5-18-6-4-17/h1-2,7-9H,3-6H2. The van der Waals surface area contributed by atoms with Gasteiger partial charge >= 0.3 is 0 Å². The van der Waals surface area contributed by atoms with Crippen molar-refractivity contribution in [3.8, 4) is 11.4 Å². The third-order valence-corrected chi connectivity index (χ3v) is 2.79. The minimum Gasteiger partial charge on any atom is -0.378 e. The average molecular weight is 243 g/mol. The van der Waals surface area contributed by atoms with Gasteiger partial charge in [0.05, 0.1) is 18.8 Å². The number of hydrogen-bond donors (Lipinski definition) is 0. The van der Waals surface area contributed by atoms with Crippen LogP contribution in [-0.4, -0.2) is 46.2 Å². The van der Waals surface area contributed by atoms with Crippen molar-refractivity contribution in [3.05, 3.63) is 31.0 Å². The van der Waals surface area contributed by atoms with Gasteiger partial charge in [-0.3, -0.25) is 0 Å². The van der Waals surface area contributed by atoms with Crippen molar-refractivity contribution < 1.29 is 4.74 Å². The predicted octanol–water partition coefficient (Wildman–Crippen LogP) is 0.770. The first-order chi connectivity index (χ1) is 8.93. The van der Waals surface area contributed by atoms with Crippen LogP contribution in [0.3, 0.4) is 0 Å². The highest BCUT2D eigenvalue weighted by molar-refractivity contribution is 5.54. The van der Waals surface area contributed by atoms with Crippen LogP contribution in [0.4, 0.5) is 5.82 Å². The van der Waals surface area contributed by atoms with Gasteiger partial charge in [0.1, 0.15) is 12.1 Å². The summed E-state index contributed by atoms with van der Waals surface area (Å²) >= 11 is 0. The van der Waals surface area contributed by atoms with Crippen molar-refractivity contribution in [3.63, 3.8) is 0 Å². The van der Waals surface area contributed by atoms with Gasteiger partial charge in [0.2, 0.25) is 0 Å². The van der Waals surface area contributed by atoms with E-state index in [1.165, 1.54) is 6.33 Å². The molecule has 1 aliphatic rings.